The zero-order valence-corrected chi connectivity index (χ0v) is 9.37. The van der Waals surface area contributed by atoms with Gasteiger partial charge < -0.3 is 19.5 Å². The molecule has 1 aliphatic heterocycles. The molecule has 1 aromatic heterocycles. The lowest BCUT2D eigenvalue weighted by Gasteiger charge is -2.13. The van der Waals surface area contributed by atoms with Crippen molar-refractivity contribution in [1.29, 1.82) is 0 Å². The molecule has 1 aromatic rings. The Balaban J connectivity index is 1.91. The van der Waals surface area contributed by atoms with Gasteiger partial charge in [-0.15, -0.1) is 0 Å². The number of methoxy groups -OCH3 is 1. The molecule has 92 valence electrons. The maximum Gasteiger partial charge on any atom is 0.407 e. The van der Waals surface area contributed by atoms with E-state index in [1.807, 2.05) is 0 Å². The van der Waals surface area contributed by atoms with Gasteiger partial charge in [-0.1, -0.05) is 0 Å². The van der Waals surface area contributed by atoms with Gasteiger partial charge in [-0.25, -0.2) is 4.79 Å². The molecule has 17 heavy (non-hydrogen) atoms. The number of hydrogen-bond acceptors (Lipinski definition) is 5. The highest BCUT2D eigenvalue weighted by Gasteiger charge is 2.27. The summed E-state index contributed by atoms with van der Waals surface area (Å²) in [5.74, 6) is 0.517. The molecule has 2 rings (SSSR count). The maximum absolute atomic E-state index is 10.7. The highest BCUT2D eigenvalue weighted by atomic mass is 16.5. The van der Waals surface area contributed by atoms with E-state index in [4.69, 9.17) is 14.6 Å². The molecular formula is C10H13N3O4. The molecule has 7 nitrogen and oxygen atoms in total. The largest absolute Gasteiger partial charge is 0.485 e. The number of amides is 1. The number of nitrogens with zero attached hydrogens (tertiary/aromatic N) is 3. The third-order valence-electron chi connectivity index (χ3n) is 2.51. The number of rotatable bonds is 3. The maximum atomic E-state index is 10.7. The molecule has 1 amide bonds. The van der Waals surface area contributed by atoms with Crippen molar-refractivity contribution in [3.05, 3.63) is 12.4 Å². The molecule has 1 fully saturated rings. The molecule has 0 unspecified atom stereocenters. The van der Waals surface area contributed by atoms with Crippen LogP contribution in [0.3, 0.4) is 0 Å². The molecule has 0 aliphatic carbocycles. The van der Waals surface area contributed by atoms with E-state index in [0.717, 1.165) is 0 Å². The Morgan fingerprint density at radius 3 is 2.76 bits per heavy atom. The van der Waals surface area contributed by atoms with E-state index in [-0.39, 0.29) is 12.1 Å². The lowest BCUT2D eigenvalue weighted by atomic mass is 10.3. The lowest BCUT2D eigenvalue weighted by molar-refractivity contribution is 0.145. The Hall–Kier alpha value is -2.05. The van der Waals surface area contributed by atoms with E-state index in [9.17, 15) is 4.79 Å². The van der Waals surface area contributed by atoms with Crippen LogP contribution in [0, 0.1) is 0 Å². The zero-order valence-electron chi connectivity index (χ0n) is 9.37. The minimum atomic E-state index is -0.915. The van der Waals surface area contributed by atoms with Gasteiger partial charge in [-0.3, -0.25) is 0 Å². The third kappa shape index (κ3) is 2.74. The average Bonchev–Trinajstić information content (AvgIpc) is 2.79. The first-order valence-corrected chi connectivity index (χ1v) is 5.19. The van der Waals surface area contributed by atoms with Crippen molar-refractivity contribution >= 4 is 6.09 Å². The summed E-state index contributed by atoms with van der Waals surface area (Å²) in [5, 5.41) is 8.79. The Morgan fingerprint density at radius 2 is 2.24 bits per heavy atom. The summed E-state index contributed by atoms with van der Waals surface area (Å²) in [6.07, 6.45) is 2.65. The molecule has 2 heterocycles. The predicted molar refractivity (Wildman–Crippen MR) is 57.2 cm³/mol. The highest BCUT2D eigenvalue weighted by Crippen LogP contribution is 2.17. The van der Waals surface area contributed by atoms with E-state index in [2.05, 4.69) is 9.97 Å². The van der Waals surface area contributed by atoms with Crippen molar-refractivity contribution in [3.8, 4) is 11.8 Å². The highest BCUT2D eigenvalue weighted by molar-refractivity contribution is 5.65. The van der Waals surface area contributed by atoms with Gasteiger partial charge >= 0.3 is 12.1 Å². The Morgan fingerprint density at radius 1 is 1.53 bits per heavy atom. The van der Waals surface area contributed by atoms with Crippen LogP contribution in [0.5, 0.6) is 11.8 Å². The van der Waals surface area contributed by atoms with Crippen LogP contribution >= 0.6 is 0 Å². The van der Waals surface area contributed by atoms with Gasteiger partial charge in [0.05, 0.1) is 26.0 Å². The number of aromatic nitrogens is 2. The first kappa shape index (κ1) is 11.4. The van der Waals surface area contributed by atoms with Crippen LogP contribution in [0.15, 0.2) is 12.4 Å². The molecule has 1 aliphatic rings. The predicted octanol–water partition coefficient (Wildman–Crippen LogP) is 0.616. The van der Waals surface area contributed by atoms with E-state index >= 15 is 0 Å². The second-order valence-electron chi connectivity index (χ2n) is 3.66. The minimum Gasteiger partial charge on any atom is -0.485 e. The normalized spacial score (nSPS) is 19.1. The van der Waals surface area contributed by atoms with E-state index < -0.39 is 6.09 Å². The average molecular weight is 239 g/mol. The van der Waals surface area contributed by atoms with Crippen LogP contribution in [-0.4, -0.2) is 52.4 Å². The van der Waals surface area contributed by atoms with Crippen LogP contribution in [0.4, 0.5) is 4.79 Å². The molecular weight excluding hydrogens is 226 g/mol. The van der Waals surface area contributed by atoms with Gasteiger partial charge in [0, 0.05) is 13.0 Å². The van der Waals surface area contributed by atoms with Crippen molar-refractivity contribution in [2.24, 2.45) is 0 Å². The standard InChI is InChI=1S/C10H13N3O4/c1-16-9-11-4-8(5-12-9)17-7-2-3-13(6-7)10(14)15/h4-5,7H,2-3,6H2,1H3,(H,14,15)/t7-/m0/s1. The zero-order chi connectivity index (χ0) is 12.3. The Bertz CT molecular complexity index is 395. The topological polar surface area (TPSA) is 84.8 Å². The SMILES string of the molecule is COc1ncc(O[C@H]2CCN(C(=O)O)C2)cn1. The fraction of sp³-hybridized carbons (Fsp3) is 0.500. The summed E-state index contributed by atoms with van der Waals surface area (Å²) >= 11 is 0. The van der Waals surface area contributed by atoms with E-state index in [1.54, 1.807) is 0 Å². The van der Waals surface area contributed by atoms with Gasteiger partial charge in [-0.05, 0) is 0 Å². The Labute approximate surface area is 98.0 Å². The van der Waals surface area contributed by atoms with Crippen molar-refractivity contribution in [3.63, 3.8) is 0 Å². The summed E-state index contributed by atoms with van der Waals surface area (Å²) in [7, 11) is 1.48. The number of likely N-dealkylation sites (tertiary alicyclic amines) is 1. The van der Waals surface area contributed by atoms with Gasteiger partial charge in [0.15, 0.2) is 5.75 Å². The Kier molecular flexibility index (Phi) is 3.27. The lowest BCUT2D eigenvalue weighted by Crippen LogP contribution is -2.29. The number of ether oxygens (including phenoxy) is 2. The van der Waals surface area contributed by atoms with Crippen LogP contribution in [0.25, 0.3) is 0 Å². The van der Waals surface area contributed by atoms with Crippen molar-refractivity contribution < 1.29 is 19.4 Å². The quantitative estimate of drug-likeness (QED) is 0.832. The molecule has 0 saturated carbocycles. The summed E-state index contributed by atoms with van der Waals surface area (Å²) in [6, 6.07) is 0.274. The van der Waals surface area contributed by atoms with Crippen LogP contribution in [0.2, 0.25) is 0 Å². The first-order chi connectivity index (χ1) is 8.19. The summed E-state index contributed by atoms with van der Waals surface area (Å²) in [6.45, 7) is 0.873. The third-order valence-corrected chi connectivity index (χ3v) is 2.51. The molecule has 7 heteroatoms. The van der Waals surface area contributed by atoms with Crippen molar-refractivity contribution in [1.82, 2.24) is 14.9 Å². The molecule has 0 aromatic carbocycles. The van der Waals surface area contributed by atoms with Crippen LogP contribution in [-0.2, 0) is 0 Å². The number of carbonyl (C=O) groups is 1. The van der Waals surface area contributed by atoms with Gasteiger partial charge in [-0.2, -0.15) is 9.97 Å². The van der Waals surface area contributed by atoms with Crippen LogP contribution < -0.4 is 9.47 Å². The second-order valence-corrected chi connectivity index (χ2v) is 3.66. The molecule has 1 saturated heterocycles. The van der Waals surface area contributed by atoms with Gasteiger partial charge in [0.25, 0.3) is 0 Å². The molecule has 0 bridgehead atoms. The van der Waals surface area contributed by atoms with Crippen molar-refractivity contribution in [2.75, 3.05) is 20.2 Å². The fourth-order valence-corrected chi connectivity index (χ4v) is 1.66. The summed E-state index contributed by atoms with van der Waals surface area (Å²) in [5.41, 5.74) is 0. The van der Waals surface area contributed by atoms with Crippen molar-refractivity contribution in [2.45, 2.75) is 12.5 Å². The van der Waals surface area contributed by atoms with Crippen LogP contribution in [0.1, 0.15) is 6.42 Å². The summed E-state index contributed by atoms with van der Waals surface area (Å²) in [4.78, 5) is 19.9. The van der Waals surface area contributed by atoms with Gasteiger partial charge in [0.1, 0.15) is 6.10 Å². The first-order valence-electron chi connectivity index (χ1n) is 5.19. The number of hydrogen-bond donors (Lipinski definition) is 1. The molecule has 0 radical (unpaired) electrons. The van der Waals surface area contributed by atoms with E-state index in [0.29, 0.717) is 25.3 Å². The smallest absolute Gasteiger partial charge is 0.407 e. The van der Waals surface area contributed by atoms with E-state index in [1.165, 1.54) is 24.4 Å². The monoisotopic (exact) mass is 239 g/mol. The fourth-order valence-electron chi connectivity index (χ4n) is 1.66. The summed E-state index contributed by atoms with van der Waals surface area (Å²) < 4.78 is 10.4. The number of carboxylic acid groups (broad SMARTS) is 1. The molecule has 0 spiro atoms. The molecule has 1 N–H and O–H groups in total. The second kappa shape index (κ2) is 4.86. The minimum absolute atomic E-state index is 0.136. The molecule has 1 atom stereocenters. The van der Waals surface area contributed by atoms with Gasteiger partial charge in [0.2, 0.25) is 0 Å².